The number of nitrogens with zero attached hydrogens (tertiary/aromatic N) is 3. The first-order valence-electron chi connectivity index (χ1n) is 30.5. The molecule has 3 nitrogen and oxygen atoms in total. The number of hydrogen-bond acceptors (Lipinski definition) is 1. The predicted molar refractivity (Wildman–Crippen MR) is 358 cm³/mol. The summed E-state index contributed by atoms with van der Waals surface area (Å²) >= 11 is 0. The van der Waals surface area contributed by atoms with E-state index in [1.165, 1.54) is 83.5 Å². The Kier molecular flexibility index (Phi) is 9.77. The van der Waals surface area contributed by atoms with E-state index in [1.807, 2.05) is 0 Å². The molecule has 0 saturated carbocycles. The van der Waals surface area contributed by atoms with Gasteiger partial charge in [-0.3, -0.25) is 0 Å². The molecular formula is C84H57N3. The van der Waals surface area contributed by atoms with Crippen molar-refractivity contribution in [1.82, 2.24) is 4.40 Å². The van der Waals surface area contributed by atoms with E-state index >= 15 is 0 Å². The van der Waals surface area contributed by atoms with Crippen LogP contribution in [-0.2, 0) is 21.7 Å². The Hall–Kier alpha value is -10.6. The molecule has 0 aliphatic heterocycles. The van der Waals surface area contributed by atoms with E-state index in [0.717, 1.165) is 88.2 Å². The molecule has 0 N–H and O–H groups in total. The minimum Gasteiger partial charge on any atom is -0.309 e. The van der Waals surface area contributed by atoms with Crippen LogP contribution in [0.3, 0.4) is 0 Å². The zero-order chi connectivity index (χ0) is 58.6. The van der Waals surface area contributed by atoms with Crippen molar-refractivity contribution >= 4 is 43.8 Å². The van der Waals surface area contributed by atoms with Gasteiger partial charge in [0, 0.05) is 27.1 Å². The molecule has 0 saturated heterocycles. The highest BCUT2D eigenvalue weighted by molar-refractivity contribution is 6.32. The van der Waals surface area contributed by atoms with Crippen LogP contribution in [-0.4, -0.2) is 4.40 Å². The minimum absolute atomic E-state index is 0.175. The smallest absolute Gasteiger partial charge is 0.194 e. The van der Waals surface area contributed by atoms with Gasteiger partial charge in [0.1, 0.15) is 0 Å². The molecule has 18 rings (SSSR count). The summed E-state index contributed by atoms with van der Waals surface area (Å²) in [5.41, 5.74) is 30.3. The molecule has 0 radical (unpaired) electrons. The van der Waals surface area contributed by atoms with E-state index in [9.17, 15) is 11.8 Å². The summed E-state index contributed by atoms with van der Waals surface area (Å²) in [6, 6.07) is 90.7. The Bertz CT molecular complexity index is 5100. The standard InChI is InChI=1S/C84H57N3/c1-81(2,3)61-35-17-11-31-55(61)57-33-23-41-67-72(57)76-74-59-43-49(48-25-9-8-10-26-48)44-60-75-71(87(80(59)60)70(74)45-50(47-85)78(76)83(67)63-37-19-13-27-51(63)52-28-14-20-38-64(52)83)46-69(86-7)79-77(75)73-58(56-32-12-18-36-62(56)82(4,5)6)34-24-42-68(73)84(79)65-39-21-15-29-53(65)54-30-16-22-40-66(54)84/h8-46H,1-6H3. The zero-order valence-electron chi connectivity index (χ0n) is 49.4. The van der Waals surface area contributed by atoms with Crippen molar-refractivity contribution in [3.63, 3.8) is 0 Å². The van der Waals surface area contributed by atoms with E-state index in [-0.39, 0.29) is 10.8 Å². The van der Waals surface area contributed by atoms with Gasteiger partial charge < -0.3 is 4.40 Å². The van der Waals surface area contributed by atoms with E-state index in [4.69, 9.17) is 4.85 Å². The molecule has 4 aliphatic rings. The third-order valence-electron chi connectivity index (χ3n) is 20.4. The van der Waals surface area contributed by atoms with Gasteiger partial charge in [0.05, 0.1) is 40.1 Å². The second kappa shape index (κ2) is 17.1. The molecule has 0 atom stereocenters. The molecule has 4 aliphatic carbocycles. The monoisotopic (exact) mass is 1110 g/mol. The van der Waals surface area contributed by atoms with Gasteiger partial charge in [0.15, 0.2) is 5.69 Å². The highest BCUT2D eigenvalue weighted by atomic mass is 14.9. The van der Waals surface area contributed by atoms with Gasteiger partial charge in [-0.25, -0.2) is 4.85 Å². The third-order valence-corrected chi connectivity index (χ3v) is 20.4. The fraction of sp³-hybridized carbons (Fsp3) is 0.119. The molecule has 0 amide bonds. The fourth-order valence-corrected chi connectivity index (χ4v) is 17.4. The Balaban J connectivity index is 1.08. The molecule has 2 aromatic heterocycles. The summed E-state index contributed by atoms with van der Waals surface area (Å²) in [5.74, 6) is 0. The quantitative estimate of drug-likeness (QED) is 0.162. The lowest BCUT2D eigenvalue weighted by molar-refractivity contribution is 0.591. The first kappa shape index (κ1) is 49.8. The summed E-state index contributed by atoms with van der Waals surface area (Å²) in [7, 11) is 0. The maximum Gasteiger partial charge on any atom is 0.194 e. The lowest BCUT2D eigenvalue weighted by Gasteiger charge is -2.31. The van der Waals surface area contributed by atoms with E-state index in [1.54, 1.807) is 0 Å². The molecular weight excluding hydrogens is 1050 g/mol. The first-order valence-corrected chi connectivity index (χ1v) is 30.5. The second-order valence-electron chi connectivity index (χ2n) is 26.7. The average Bonchev–Trinajstić information content (AvgIpc) is 1.49. The number of fused-ring (bicyclic) bond motifs is 28. The highest BCUT2D eigenvalue weighted by Crippen LogP contribution is 2.70. The van der Waals surface area contributed by atoms with Crippen molar-refractivity contribution in [3.05, 3.63) is 309 Å². The maximum absolute atomic E-state index is 12.3. The molecule has 12 aromatic carbocycles. The molecule has 14 aromatic rings. The molecule has 408 valence electrons. The number of rotatable bonds is 3. The number of aromatic nitrogens is 1. The normalized spacial score (nSPS) is 14.3. The lowest BCUT2D eigenvalue weighted by atomic mass is 9.69. The summed E-state index contributed by atoms with van der Waals surface area (Å²) < 4.78 is 2.47. The average molecular weight is 1110 g/mol. The van der Waals surface area contributed by atoms with Crippen molar-refractivity contribution in [2.24, 2.45) is 0 Å². The molecule has 87 heavy (non-hydrogen) atoms. The van der Waals surface area contributed by atoms with Gasteiger partial charge in [0.2, 0.25) is 0 Å². The van der Waals surface area contributed by atoms with E-state index < -0.39 is 10.8 Å². The Morgan fingerprint density at radius 2 is 0.759 bits per heavy atom. The Morgan fingerprint density at radius 3 is 1.21 bits per heavy atom. The molecule has 0 bridgehead atoms. The van der Waals surface area contributed by atoms with Crippen LogP contribution in [0, 0.1) is 17.9 Å². The maximum atomic E-state index is 12.3. The molecule has 3 heteroatoms. The molecule has 2 heterocycles. The number of benzene rings is 12. The van der Waals surface area contributed by atoms with Crippen LogP contribution in [0.1, 0.15) is 103 Å². The van der Waals surface area contributed by atoms with Gasteiger partial charge in [-0.05, 0) is 169 Å². The number of hydrogen-bond donors (Lipinski definition) is 0. The first-order chi connectivity index (χ1) is 42.4. The summed E-state index contributed by atoms with van der Waals surface area (Å²) in [6.07, 6.45) is 0. The predicted octanol–water partition coefficient (Wildman–Crippen LogP) is 21.5. The summed E-state index contributed by atoms with van der Waals surface area (Å²) in [5, 5.41) is 16.7. The highest BCUT2D eigenvalue weighted by Gasteiger charge is 2.56. The molecule has 0 unspecified atom stereocenters. The van der Waals surface area contributed by atoms with Crippen LogP contribution >= 0.6 is 0 Å². The van der Waals surface area contributed by atoms with Crippen LogP contribution in [0.2, 0.25) is 0 Å². The largest absolute Gasteiger partial charge is 0.309 e. The Labute approximate surface area is 506 Å². The van der Waals surface area contributed by atoms with Gasteiger partial charge >= 0.3 is 0 Å². The van der Waals surface area contributed by atoms with Crippen molar-refractivity contribution in [2.75, 3.05) is 0 Å². The zero-order valence-corrected chi connectivity index (χ0v) is 49.4. The minimum atomic E-state index is -0.816. The summed E-state index contributed by atoms with van der Waals surface area (Å²) in [4.78, 5) is 4.75. The van der Waals surface area contributed by atoms with Crippen molar-refractivity contribution in [1.29, 1.82) is 5.26 Å². The van der Waals surface area contributed by atoms with Crippen LogP contribution in [0.4, 0.5) is 5.69 Å². The van der Waals surface area contributed by atoms with Crippen LogP contribution in [0.25, 0.3) is 121 Å². The topological polar surface area (TPSA) is 32.6 Å². The van der Waals surface area contributed by atoms with E-state index in [0.29, 0.717) is 11.3 Å². The number of nitriles is 1. The molecule has 2 spiro atoms. The van der Waals surface area contributed by atoms with Crippen LogP contribution in [0.15, 0.2) is 237 Å². The summed E-state index contributed by atoms with van der Waals surface area (Å²) in [6.45, 7) is 23.5. The van der Waals surface area contributed by atoms with E-state index in [2.05, 4.69) is 289 Å². The van der Waals surface area contributed by atoms with Gasteiger partial charge in [-0.2, -0.15) is 5.26 Å². The fourth-order valence-electron chi connectivity index (χ4n) is 17.4. The van der Waals surface area contributed by atoms with Crippen molar-refractivity contribution < 1.29 is 0 Å². The van der Waals surface area contributed by atoms with Gasteiger partial charge in [0.25, 0.3) is 0 Å². The van der Waals surface area contributed by atoms with Crippen molar-refractivity contribution in [3.8, 4) is 84.0 Å². The van der Waals surface area contributed by atoms with Crippen LogP contribution in [0.5, 0.6) is 0 Å². The third kappa shape index (κ3) is 6.04. The molecule has 0 fully saturated rings. The SMILES string of the molecule is [C-]#[N+]c1cc2c(c3c1C1(c4ccccc4-c4ccccc41)c1cccc(-c4ccccc4C(C)(C)C)c1-3)c1cc(-c3ccccc3)cc3c4c5c(c(C#N)cc4n2c31)C1(c2ccccc2-c2ccccc21)c1cccc(-c2ccccc2C(C)(C)C)c1-5. The van der Waals surface area contributed by atoms with Gasteiger partial charge in [-0.15, -0.1) is 0 Å². The van der Waals surface area contributed by atoms with Crippen LogP contribution < -0.4 is 0 Å². The lowest BCUT2D eigenvalue weighted by Crippen LogP contribution is -2.27. The Morgan fingerprint density at radius 1 is 0.379 bits per heavy atom. The van der Waals surface area contributed by atoms with Gasteiger partial charge in [-0.1, -0.05) is 254 Å². The second-order valence-corrected chi connectivity index (χ2v) is 26.7. The van der Waals surface area contributed by atoms with Crippen molar-refractivity contribution in [2.45, 2.75) is 63.2 Å².